The largest absolute Gasteiger partial charge is 0.370 e. The van der Waals surface area contributed by atoms with Crippen LogP contribution >= 0.6 is 0 Å². The third-order valence-corrected chi connectivity index (χ3v) is 3.09. The number of hydrogen-bond donors (Lipinski definition) is 2. The molecule has 4 nitrogen and oxygen atoms in total. The fraction of sp³-hybridized carbons (Fsp3) is 0.412. The Morgan fingerprint density at radius 3 is 2.38 bits per heavy atom. The van der Waals surface area contributed by atoms with Crippen LogP contribution in [0.3, 0.4) is 0 Å². The molecule has 2 N–H and O–H groups in total. The number of hydrogen-bond acceptors (Lipinski definition) is 4. The quantitative estimate of drug-likeness (QED) is 0.847. The third kappa shape index (κ3) is 5.06. The van der Waals surface area contributed by atoms with Crippen LogP contribution in [0, 0.1) is 19.8 Å². The first-order chi connectivity index (χ1) is 10.0. The lowest BCUT2D eigenvalue weighted by atomic mass is 10.1. The fourth-order valence-corrected chi connectivity index (χ4v) is 2.07. The van der Waals surface area contributed by atoms with E-state index in [1.807, 2.05) is 13.0 Å². The van der Waals surface area contributed by atoms with E-state index in [9.17, 15) is 0 Å². The van der Waals surface area contributed by atoms with Gasteiger partial charge in [0, 0.05) is 19.2 Å². The van der Waals surface area contributed by atoms with E-state index in [1.165, 1.54) is 11.1 Å². The molecule has 0 aliphatic heterocycles. The fourth-order valence-electron chi connectivity index (χ4n) is 2.07. The third-order valence-electron chi connectivity index (χ3n) is 3.09. The van der Waals surface area contributed by atoms with Gasteiger partial charge in [0.2, 0.25) is 0 Å². The van der Waals surface area contributed by atoms with Gasteiger partial charge in [-0.2, -0.15) is 0 Å². The van der Waals surface area contributed by atoms with Crippen LogP contribution in [0.2, 0.25) is 0 Å². The molecule has 1 heterocycles. The maximum absolute atomic E-state index is 4.44. The van der Waals surface area contributed by atoms with E-state index in [4.69, 9.17) is 0 Å². The number of aryl methyl sites for hydroxylation is 2. The van der Waals surface area contributed by atoms with E-state index in [0.717, 1.165) is 30.5 Å². The monoisotopic (exact) mass is 284 g/mol. The van der Waals surface area contributed by atoms with Crippen LogP contribution in [-0.4, -0.2) is 16.5 Å². The first-order valence-electron chi connectivity index (χ1n) is 7.42. The standard InChI is InChI=1S/C17H24N4/c1-12(2)10-18-16-9-17(21-14(4)20-16)19-11-15-7-5-6-13(3)8-15/h5-9,12H,10-11H2,1-4H3,(H2,18,19,20,21). The molecule has 21 heavy (non-hydrogen) atoms. The van der Waals surface area contributed by atoms with Crippen LogP contribution in [0.4, 0.5) is 11.6 Å². The SMILES string of the molecule is Cc1cccc(CNc2cc(NCC(C)C)nc(C)n2)c1. The van der Waals surface area contributed by atoms with Crippen molar-refractivity contribution in [2.45, 2.75) is 34.2 Å². The zero-order valence-electron chi connectivity index (χ0n) is 13.3. The number of nitrogens with zero attached hydrogens (tertiary/aromatic N) is 2. The van der Waals surface area contributed by atoms with Crippen molar-refractivity contribution in [1.29, 1.82) is 0 Å². The average molecular weight is 284 g/mol. The summed E-state index contributed by atoms with van der Waals surface area (Å²) < 4.78 is 0. The highest BCUT2D eigenvalue weighted by Gasteiger charge is 2.03. The lowest BCUT2D eigenvalue weighted by Gasteiger charge is -2.11. The molecule has 0 aliphatic carbocycles. The summed E-state index contributed by atoms with van der Waals surface area (Å²) in [5.74, 6) is 3.10. The van der Waals surface area contributed by atoms with Crippen LogP contribution in [0.25, 0.3) is 0 Å². The Labute approximate surface area is 127 Å². The second-order valence-electron chi connectivity index (χ2n) is 5.80. The van der Waals surface area contributed by atoms with E-state index in [0.29, 0.717) is 5.92 Å². The van der Waals surface area contributed by atoms with Crippen molar-refractivity contribution in [1.82, 2.24) is 9.97 Å². The second-order valence-corrected chi connectivity index (χ2v) is 5.80. The van der Waals surface area contributed by atoms with E-state index < -0.39 is 0 Å². The van der Waals surface area contributed by atoms with Crippen molar-refractivity contribution < 1.29 is 0 Å². The summed E-state index contributed by atoms with van der Waals surface area (Å²) >= 11 is 0. The summed E-state index contributed by atoms with van der Waals surface area (Å²) in [7, 11) is 0. The Morgan fingerprint density at radius 2 is 1.71 bits per heavy atom. The molecule has 1 aromatic heterocycles. The summed E-state index contributed by atoms with van der Waals surface area (Å²) in [6.07, 6.45) is 0. The number of benzene rings is 1. The molecule has 1 aromatic carbocycles. The molecule has 2 aromatic rings. The van der Waals surface area contributed by atoms with Crippen LogP contribution in [-0.2, 0) is 6.54 Å². The number of aromatic nitrogens is 2. The number of anilines is 2. The van der Waals surface area contributed by atoms with Gasteiger partial charge in [0.1, 0.15) is 17.5 Å². The molecule has 4 heteroatoms. The molecular weight excluding hydrogens is 260 g/mol. The summed E-state index contributed by atoms with van der Waals surface area (Å²) in [5, 5.41) is 6.71. The minimum Gasteiger partial charge on any atom is -0.370 e. The van der Waals surface area contributed by atoms with Crippen molar-refractivity contribution in [3.8, 4) is 0 Å². The lowest BCUT2D eigenvalue weighted by Crippen LogP contribution is -2.11. The van der Waals surface area contributed by atoms with Gasteiger partial charge < -0.3 is 10.6 Å². The van der Waals surface area contributed by atoms with Gasteiger partial charge in [-0.3, -0.25) is 0 Å². The van der Waals surface area contributed by atoms with Crippen LogP contribution in [0.15, 0.2) is 30.3 Å². The molecule has 0 spiro atoms. The van der Waals surface area contributed by atoms with Crippen molar-refractivity contribution >= 4 is 11.6 Å². The smallest absolute Gasteiger partial charge is 0.132 e. The van der Waals surface area contributed by atoms with E-state index >= 15 is 0 Å². The molecule has 0 unspecified atom stereocenters. The summed E-state index contributed by atoms with van der Waals surface area (Å²) in [4.78, 5) is 8.85. The predicted octanol–water partition coefficient (Wildman–Crippen LogP) is 3.77. The predicted molar refractivity (Wildman–Crippen MR) is 88.6 cm³/mol. The number of nitrogens with one attached hydrogen (secondary N) is 2. The van der Waals surface area contributed by atoms with Crippen molar-refractivity contribution in [2.75, 3.05) is 17.2 Å². The highest BCUT2D eigenvalue weighted by atomic mass is 15.1. The molecule has 0 saturated carbocycles. The van der Waals surface area contributed by atoms with Gasteiger partial charge in [0.15, 0.2) is 0 Å². The van der Waals surface area contributed by atoms with Gasteiger partial charge in [-0.1, -0.05) is 43.7 Å². The van der Waals surface area contributed by atoms with E-state index in [-0.39, 0.29) is 0 Å². The van der Waals surface area contributed by atoms with Crippen molar-refractivity contribution in [3.63, 3.8) is 0 Å². The normalized spacial score (nSPS) is 10.7. The molecule has 0 atom stereocenters. The molecule has 112 valence electrons. The molecule has 0 bridgehead atoms. The Balaban J connectivity index is 2.02. The van der Waals surface area contributed by atoms with Crippen LogP contribution in [0.5, 0.6) is 0 Å². The molecule has 0 radical (unpaired) electrons. The highest BCUT2D eigenvalue weighted by molar-refractivity contribution is 5.48. The Bertz CT molecular complexity index is 593. The second kappa shape index (κ2) is 7.07. The topological polar surface area (TPSA) is 49.8 Å². The van der Waals surface area contributed by atoms with Gasteiger partial charge in [0.25, 0.3) is 0 Å². The highest BCUT2D eigenvalue weighted by Crippen LogP contribution is 2.13. The number of rotatable bonds is 6. The van der Waals surface area contributed by atoms with Crippen molar-refractivity contribution in [3.05, 3.63) is 47.3 Å². The molecule has 0 fully saturated rings. The Hall–Kier alpha value is -2.10. The summed E-state index contributed by atoms with van der Waals surface area (Å²) in [6.45, 7) is 10.1. The molecule has 2 rings (SSSR count). The zero-order chi connectivity index (χ0) is 15.2. The molecular formula is C17H24N4. The summed E-state index contributed by atoms with van der Waals surface area (Å²) in [5.41, 5.74) is 2.52. The Kier molecular flexibility index (Phi) is 5.14. The maximum Gasteiger partial charge on any atom is 0.132 e. The van der Waals surface area contributed by atoms with Crippen molar-refractivity contribution in [2.24, 2.45) is 5.92 Å². The maximum atomic E-state index is 4.44. The molecule has 0 saturated heterocycles. The van der Waals surface area contributed by atoms with Crippen LogP contribution in [0.1, 0.15) is 30.8 Å². The van der Waals surface area contributed by atoms with Crippen LogP contribution < -0.4 is 10.6 Å². The first-order valence-corrected chi connectivity index (χ1v) is 7.42. The average Bonchev–Trinajstić information content (AvgIpc) is 2.43. The Morgan fingerprint density at radius 1 is 1.00 bits per heavy atom. The minimum absolute atomic E-state index is 0.587. The molecule has 0 aliphatic rings. The lowest BCUT2D eigenvalue weighted by molar-refractivity contribution is 0.686. The van der Waals surface area contributed by atoms with Gasteiger partial charge in [-0.25, -0.2) is 9.97 Å². The van der Waals surface area contributed by atoms with Gasteiger partial charge in [-0.15, -0.1) is 0 Å². The first kappa shape index (κ1) is 15.3. The van der Waals surface area contributed by atoms with Gasteiger partial charge in [0.05, 0.1) is 0 Å². The van der Waals surface area contributed by atoms with E-state index in [2.05, 4.69) is 65.6 Å². The van der Waals surface area contributed by atoms with Gasteiger partial charge >= 0.3 is 0 Å². The molecule has 0 amide bonds. The zero-order valence-corrected chi connectivity index (χ0v) is 13.3. The van der Waals surface area contributed by atoms with E-state index in [1.54, 1.807) is 0 Å². The minimum atomic E-state index is 0.587. The summed E-state index contributed by atoms with van der Waals surface area (Å²) in [6, 6.07) is 10.4. The van der Waals surface area contributed by atoms with Gasteiger partial charge in [-0.05, 0) is 25.3 Å².